The third kappa shape index (κ3) is 3.36. The van der Waals surface area contributed by atoms with Gasteiger partial charge in [0.05, 0.1) is 12.8 Å². The second kappa shape index (κ2) is 7.85. The Hall–Kier alpha value is -3.55. The van der Waals surface area contributed by atoms with Crippen molar-refractivity contribution in [3.63, 3.8) is 0 Å². The van der Waals surface area contributed by atoms with Crippen LogP contribution in [0.15, 0.2) is 42.6 Å². The number of aromatic nitrogens is 3. The number of anilines is 1. The Balaban J connectivity index is 1.46. The predicted molar refractivity (Wildman–Crippen MR) is 123 cm³/mol. The van der Waals surface area contributed by atoms with Crippen LogP contribution in [-0.2, 0) is 12.0 Å². The van der Waals surface area contributed by atoms with Crippen molar-refractivity contribution < 1.29 is 9.53 Å². The molecule has 0 aliphatic carbocycles. The molecular formula is C24H28N6O2. The van der Waals surface area contributed by atoms with E-state index in [0.29, 0.717) is 12.4 Å². The van der Waals surface area contributed by atoms with Crippen molar-refractivity contribution in [2.45, 2.75) is 31.7 Å². The number of nitrogens with zero attached hydrogens (tertiary/aromatic N) is 4. The van der Waals surface area contributed by atoms with Gasteiger partial charge in [0.25, 0.3) is 0 Å². The van der Waals surface area contributed by atoms with Gasteiger partial charge in [0.2, 0.25) is 0 Å². The van der Waals surface area contributed by atoms with Crippen molar-refractivity contribution in [1.29, 1.82) is 0 Å². The Morgan fingerprint density at radius 3 is 2.88 bits per heavy atom. The molecule has 8 nitrogen and oxygen atoms in total. The third-order valence-corrected chi connectivity index (χ3v) is 6.69. The molecular weight excluding hydrogens is 404 g/mol. The van der Waals surface area contributed by atoms with Crippen LogP contribution in [0.3, 0.4) is 0 Å². The van der Waals surface area contributed by atoms with E-state index in [1.807, 2.05) is 42.2 Å². The maximum Gasteiger partial charge on any atom is 0.317 e. The molecule has 3 N–H and O–H groups in total. The maximum atomic E-state index is 12.3. The van der Waals surface area contributed by atoms with Crippen molar-refractivity contribution in [1.82, 2.24) is 25.0 Å². The number of pyridine rings is 1. The van der Waals surface area contributed by atoms with E-state index in [1.165, 1.54) is 5.69 Å². The smallest absolute Gasteiger partial charge is 0.317 e. The average molecular weight is 433 g/mol. The van der Waals surface area contributed by atoms with Crippen molar-refractivity contribution in [3.05, 3.63) is 48.3 Å². The number of aryl methyl sites for hydroxylation is 1. The van der Waals surface area contributed by atoms with E-state index in [2.05, 4.69) is 21.0 Å². The lowest BCUT2D eigenvalue weighted by atomic mass is 9.82. The number of carbonyl (C=O) groups excluding carboxylic acids is 1. The Morgan fingerprint density at radius 1 is 1.22 bits per heavy atom. The van der Waals surface area contributed by atoms with Gasteiger partial charge in [-0.15, -0.1) is 0 Å². The average Bonchev–Trinajstić information content (AvgIpc) is 3.51. The van der Waals surface area contributed by atoms with Gasteiger partial charge < -0.3 is 20.7 Å². The fraction of sp³-hybridized carbons (Fsp3) is 0.375. The molecule has 1 saturated heterocycles. The maximum absolute atomic E-state index is 12.3. The molecule has 1 atom stereocenters. The number of nitrogens with one attached hydrogen (secondary N) is 1. The molecule has 32 heavy (non-hydrogen) atoms. The molecule has 2 aliphatic heterocycles. The Labute approximate surface area is 187 Å². The van der Waals surface area contributed by atoms with Crippen LogP contribution in [0.1, 0.15) is 25.5 Å². The molecule has 1 unspecified atom stereocenters. The van der Waals surface area contributed by atoms with Gasteiger partial charge in [-0.3, -0.25) is 4.68 Å². The highest BCUT2D eigenvalue weighted by Crippen LogP contribution is 2.44. The lowest BCUT2D eigenvalue weighted by Gasteiger charge is -2.23. The Kier molecular flexibility index (Phi) is 5.00. The van der Waals surface area contributed by atoms with E-state index in [9.17, 15) is 4.79 Å². The number of nitrogen functional groups attached to an aromatic ring is 1. The van der Waals surface area contributed by atoms with Crippen molar-refractivity contribution >= 4 is 11.8 Å². The lowest BCUT2D eigenvalue weighted by molar-refractivity contribution is 0.206. The lowest BCUT2D eigenvalue weighted by Crippen LogP contribution is -2.40. The van der Waals surface area contributed by atoms with E-state index in [1.54, 1.807) is 13.3 Å². The van der Waals surface area contributed by atoms with Crippen LogP contribution >= 0.6 is 0 Å². The summed E-state index contributed by atoms with van der Waals surface area (Å²) < 4.78 is 7.45. The highest BCUT2D eigenvalue weighted by atomic mass is 16.5. The number of fused-ring (bicyclic) bond motifs is 2. The Morgan fingerprint density at radius 2 is 2.06 bits per heavy atom. The number of nitrogens with two attached hydrogens (primary N) is 1. The summed E-state index contributed by atoms with van der Waals surface area (Å²) in [5.41, 5.74) is 11.0. The van der Waals surface area contributed by atoms with Gasteiger partial charge >= 0.3 is 6.03 Å². The summed E-state index contributed by atoms with van der Waals surface area (Å²) in [5, 5.41) is 7.80. The van der Waals surface area contributed by atoms with Gasteiger partial charge in [0.15, 0.2) is 0 Å². The van der Waals surface area contributed by atoms with E-state index in [0.717, 1.165) is 60.6 Å². The summed E-state index contributed by atoms with van der Waals surface area (Å²) in [6.07, 6.45) is 3.75. The van der Waals surface area contributed by atoms with Crippen LogP contribution in [0.25, 0.3) is 22.4 Å². The summed E-state index contributed by atoms with van der Waals surface area (Å²) in [6, 6.07) is 12.0. The minimum Gasteiger partial charge on any atom is -0.497 e. The number of methoxy groups -OCH3 is 1. The van der Waals surface area contributed by atoms with E-state index < -0.39 is 0 Å². The number of benzene rings is 1. The van der Waals surface area contributed by atoms with Crippen molar-refractivity contribution in [2.75, 3.05) is 32.5 Å². The second-order valence-corrected chi connectivity index (χ2v) is 8.56. The first-order chi connectivity index (χ1) is 15.5. The van der Waals surface area contributed by atoms with Crippen LogP contribution in [0.5, 0.6) is 5.75 Å². The molecule has 0 radical (unpaired) electrons. The summed E-state index contributed by atoms with van der Waals surface area (Å²) in [5.74, 6) is 1.24. The SMILES string of the molecule is CCNC(=O)N1CCC2(CCn3nc(-c4cnc(N)c(-c5cccc(OC)c5)c4)cc32)C1. The zero-order valence-electron chi connectivity index (χ0n) is 18.5. The number of hydrogen-bond donors (Lipinski definition) is 2. The molecule has 1 fully saturated rings. The van der Waals surface area contributed by atoms with Gasteiger partial charge in [0.1, 0.15) is 11.6 Å². The monoisotopic (exact) mass is 432 g/mol. The molecule has 2 amide bonds. The number of carbonyl (C=O) groups is 1. The van der Waals surface area contributed by atoms with Gasteiger partial charge in [-0.1, -0.05) is 12.1 Å². The molecule has 0 saturated carbocycles. The number of ether oxygens (including phenoxy) is 1. The number of amides is 2. The normalized spacial score (nSPS) is 19.4. The van der Waals surface area contributed by atoms with Crippen LogP contribution in [0.2, 0.25) is 0 Å². The molecule has 2 aromatic heterocycles. The highest BCUT2D eigenvalue weighted by molar-refractivity contribution is 5.79. The standard InChI is InChI=1S/C24H28N6O2/c1-3-26-23(31)29-9-7-24(15-29)8-10-30-21(24)13-20(28-30)17-12-19(22(25)27-14-17)16-5-4-6-18(11-16)32-2/h4-6,11-14H,3,7-10,15H2,1-2H3,(H2,25,27)(H,26,31). The summed E-state index contributed by atoms with van der Waals surface area (Å²) in [4.78, 5) is 18.7. The number of hydrogen-bond acceptors (Lipinski definition) is 5. The topological polar surface area (TPSA) is 98.3 Å². The summed E-state index contributed by atoms with van der Waals surface area (Å²) >= 11 is 0. The number of likely N-dealkylation sites (tertiary alicyclic amines) is 1. The molecule has 2 aliphatic rings. The number of urea groups is 1. The van der Waals surface area contributed by atoms with Gasteiger partial charge in [0, 0.05) is 54.6 Å². The molecule has 5 rings (SSSR count). The van der Waals surface area contributed by atoms with Crippen LogP contribution < -0.4 is 15.8 Å². The molecule has 166 valence electrons. The summed E-state index contributed by atoms with van der Waals surface area (Å²) in [7, 11) is 1.65. The first kappa shape index (κ1) is 20.4. The molecule has 8 heteroatoms. The molecule has 3 aromatic rings. The minimum atomic E-state index is -0.0206. The van der Waals surface area contributed by atoms with Crippen LogP contribution in [0, 0.1) is 0 Å². The second-order valence-electron chi connectivity index (χ2n) is 8.56. The quantitative estimate of drug-likeness (QED) is 0.659. The van der Waals surface area contributed by atoms with Crippen LogP contribution in [-0.4, -0.2) is 52.4 Å². The number of rotatable bonds is 4. The third-order valence-electron chi connectivity index (χ3n) is 6.69. The molecule has 4 heterocycles. The fourth-order valence-electron chi connectivity index (χ4n) is 4.96. The van der Waals surface area contributed by atoms with E-state index in [4.69, 9.17) is 15.6 Å². The summed E-state index contributed by atoms with van der Waals surface area (Å²) in [6.45, 7) is 4.96. The first-order valence-corrected chi connectivity index (χ1v) is 11.0. The molecule has 1 aromatic carbocycles. The molecule has 0 bridgehead atoms. The minimum absolute atomic E-state index is 0.0206. The first-order valence-electron chi connectivity index (χ1n) is 11.0. The zero-order valence-corrected chi connectivity index (χ0v) is 18.5. The molecule has 1 spiro atoms. The fourth-order valence-corrected chi connectivity index (χ4v) is 4.96. The highest BCUT2D eigenvalue weighted by Gasteiger charge is 2.46. The van der Waals surface area contributed by atoms with Gasteiger partial charge in [-0.25, -0.2) is 9.78 Å². The Bertz CT molecular complexity index is 1170. The van der Waals surface area contributed by atoms with Crippen molar-refractivity contribution in [3.8, 4) is 28.1 Å². The predicted octanol–water partition coefficient (Wildman–Crippen LogP) is 3.28. The van der Waals surface area contributed by atoms with Crippen LogP contribution in [0.4, 0.5) is 10.6 Å². The van der Waals surface area contributed by atoms with E-state index >= 15 is 0 Å². The largest absolute Gasteiger partial charge is 0.497 e. The van der Waals surface area contributed by atoms with Crippen molar-refractivity contribution in [2.24, 2.45) is 0 Å². The van der Waals surface area contributed by atoms with Gasteiger partial charge in [-0.05, 0) is 49.6 Å². The van der Waals surface area contributed by atoms with Gasteiger partial charge in [-0.2, -0.15) is 5.10 Å². The van der Waals surface area contributed by atoms with E-state index in [-0.39, 0.29) is 11.4 Å². The zero-order chi connectivity index (χ0) is 22.3.